The summed E-state index contributed by atoms with van der Waals surface area (Å²) >= 11 is 0. The van der Waals surface area contributed by atoms with Gasteiger partial charge in [-0.1, -0.05) is 60.5 Å². The Labute approximate surface area is 203 Å². The van der Waals surface area contributed by atoms with Crippen LogP contribution < -0.4 is 21.5 Å². The minimum absolute atomic E-state index is 0.0114. The monoisotopic (exact) mass is 493 g/mol. The molecule has 35 heavy (non-hydrogen) atoms. The standard InChI is InChI=1S/C25H27N5O4S/c26-23(30-32)18-6-5-7-20(16-18)29-25(14-3-4-15-25)24(31)28-19-12-10-17(11-13-19)21-8-1-2-9-22(21)35(27,33)34/h1-2,5-13,16,29,32H,3-4,14-15H2,(H2,26,30)(H,28,31)(H2,27,33,34). The molecule has 0 radical (unpaired) electrons. The number of hydrogen-bond acceptors (Lipinski definition) is 6. The molecule has 182 valence electrons. The maximum Gasteiger partial charge on any atom is 0.250 e. The molecule has 0 unspecified atom stereocenters. The molecule has 0 bridgehead atoms. The summed E-state index contributed by atoms with van der Waals surface area (Å²) in [5.74, 6) is -0.176. The number of amidine groups is 1. The van der Waals surface area contributed by atoms with Crippen LogP contribution in [0.5, 0.6) is 0 Å². The first-order valence-electron chi connectivity index (χ1n) is 11.1. The van der Waals surface area contributed by atoms with Gasteiger partial charge in [0.05, 0.1) is 4.90 Å². The van der Waals surface area contributed by atoms with E-state index in [1.807, 2.05) is 6.07 Å². The fourth-order valence-corrected chi connectivity index (χ4v) is 5.18. The number of primary sulfonamides is 1. The first-order chi connectivity index (χ1) is 16.7. The lowest BCUT2D eigenvalue weighted by Crippen LogP contribution is -2.47. The molecule has 0 atom stereocenters. The van der Waals surface area contributed by atoms with Crippen molar-refractivity contribution in [2.45, 2.75) is 36.1 Å². The van der Waals surface area contributed by atoms with E-state index in [-0.39, 0.29) is 16.6 Å². The highest BCUT2D eigenvalue weighted by Gasteiger charge is 2.41. The fourth-order valence-electron chi connectivity index (χ4n) is 4.41. The second-order valence-electron chi connectivity index (χ2n) is 8.55. The van der Waals surface area contributed by atoms with Gasteiger partial charge in [-0.3, -0.25) is 4.79 Å². The normalized spacial score (nSPS) is 15.5. The highest BCUT2D eigenvalue weighted by atomic mass is 32.2. The summed E-state index contributed by atoms with van der Waals surface area (Å²) in [6, 6.07) is 20.5. The van der Waals surface area contributed by atoms with Crippen LogP contribution >= 0.6 is 0 Å². The van der Waals surface area contributed by atoms with Crippen molar-refractivity contribution in [3.05, 3.63) is 78.4 Å². The lowest BCUT2D eigenvalue weighted by Gasteiger charge is -2.30. The van der Waals surface area contributed by atoms with Gasteiger partial charge in [0, 0.05) is 22.5 Å². The lowest BCUT2D eigenvalue weighted by atomic mass is 9.95. The zero-order chi connectivity index (χ0) is 25.1. The molecule has 3 aromatic carbocycles. The number of nitrogens with two attached hydrogens (primary N) is 2. The number of nitrogens with one attached hydrogen (secondary N) is 2. The summed E-state index contributed by atoms with van der Waals surface area (Å²) in [6.07, 6.45) is 3.13. The lowest BCUT2D eigenvalue weighted by molar-refractivity contribution is -0.120. The zero-order valence-corrected chi connectivity index (χ0v) is 19.8. The molecular formula is C25H27N5O4S. The molecule has 0 spiro atoms. The molecule has 1 saturated carbocycles. The Balaban J connectivity index is 1.55. The van der Waals surface area contributed by atoms with Crippen LogP contribution in [0.3, 0.4) is 0 Å². The number of nitrogens with zero attached hydrogens (tertiary/aromatic N) is 1. The molecule has 1 aliphatic carbocycles. The van der Waals surface area contributed by atoms with Crippen LogP contribution in [0.15, 0.2) is 82.8 Å². The molecule has 4 rings (SSSR count). The average molecular weight is 494 g/mol. The van der Waals surface area contributed by atoms with Gasteiger partial charge in [-0.05, 0) is 48.7 Å². The van der Waals surface area contributed by atoms with Crippen molar-refractivity contribution in [2.24, 2.45) is 16.0 Å². The van der Waals surface area contributed by atoms with Crippen molar-refractivity contribution in [1.29, 1.82) is 0 Å². The SMILES string of the molecule is NC(=NO)c1cccc(NC2(C(=O)Nc3ccc(-c4ccccc4S(N)(=O)=O)cc3)CCCC2)c1. The molecular weight excluding hydrogens is 466 g/mol. The molecule has 1 fully saturated rings. The molecule has 10 heteroatoms. The van der Waals surface area contributed by atoms with Gasteiger partial charge < -0.3 is 21.6 Å². The number of anilines is 2. The number of benzene rings is 3. The van der Waals surface area contributed by atoms with E-state index < -0.39 is 15.6 Å². The van der Waals surface area contributed by atoms with Gasteiger partial charge >= 0.3 is 0 Å². The Morgan fingerprint density at radius 1 is 0.943 bits per heavy atom. The summed E-state index contributed by atoms with van der Waals surface area (Å²) in [6.45, 7) is 0. The number of hydrogen-bond donors (Lipinski definition) is 5. The molecule has 1 amide bonds. The quantitative estimate of drug-likeness (QED) is 0.147. The van der Waals surface area contributed by atoms with Gasteiger partial charge in [-0.25, -0.2) is 13.6 Å². The van der Waals surface area contributed by atoms with Crippen molar-refractivity contribution >= 4 is 33.1 Å². The third kappa shape index (κ3) is 5.28. The Hall–Kier alpha value is -3.89. The van der Waals surface area contributed by atoms with Crippen LogP contribution in [0.2, 0.25) is 0 Å². The maximum atomic E-state index is 13.4. The van der Waals surface area contributed by atoms with Gasteiger partial charge in [0.15, 0.2) is 5.84 Å². The highest BCUT2D eigenvalue weighted by Crippen LogP contribution is 2.35. The van der Waals surface area contributed by atoms with Gasteiger partial charge in [-0.15, -0.1) is 0 Å². The first-order valence-corrected chi connectivity index (χ1v) is 12.7. The molecule has 0 aromatic heterocycles. The van der Waals surface area contributed by atoms with Crippen molar-refractivity contribution in [3.8, 4) is 11.1 Å². The van der Waals surface area contributed by atoms with Crippen LogP contribution in [0.1, 0.15) is 31.2 Å². The van der Waals surface area contributed by atoms with Crippen LogP contribution in [0, 0.1) is 0 Å². The van der Waals surface area contributed by atoms with E-state index in [4.69, 9.17) is 16.1 Å². The smallest absolute Gasteiger partial charge is 0.250 e. The third-order valence-electron chi connectivity index (χ3n) is 6.19. The van der Waals surface area contributed by atoms with Crippen LogP contribution in [0.4, 0.5) is 11.4 Å². The molecule has 7 N–H and O–H groups in total. The van der Waals surface area contributed by atoms with Gasteiger partial charge in [0.1, 0.15) is 5.54 Å². The predicted octanol–water partition coefficient (Wildman–Crippen LogP) is 3.46. The zero-order valence-electron chi connectivity index (χ0n) is 18.9. The Morgan fingerprint density at radius 2 is 1.63 bits per heavy atom. The summed E-state index contributed by atoms with van der Waals surface area (Å²) in [5, 5.41) is 23.7. The molecule has 0 heterocycles. The van der Waals surface area contributed by atoms with E-state index in [1.165, 1.54) is 6.07 Å². The molecule has 0 saturated heterocycles. The minimum Gasteiger partial charge on any atom is -0.409 e. The van der Waals surface area contributed by atoms with Crippen molar-refractivity contribution in [1.82, 2.24) is 0 Å². The largest absolute Gasteiger partial charge is 0.409 e. The highest BCUT2D eigenvalue weighted by molar-refractivity contribution is 7.89. The van der Waals surface area contributed by atoms with E-state index in [0.717, 1.165) is 12.8 Å². The van der Waals surface area contributed by atoms with Crippen LogP contribution in [-0.2, 0) is 14.8 Å². The van der Waals surface area contributed by atoms with E-state index in [1.54, 1.807) is 60.7 Å². The van der Waals surface area contributed by atoms with E-state index in [9.17, 15) is 13.2 Å². The maximum absolute atomic E-state index is 13.4. The number of carbonyl (C=O) groups is 1. The van der Waals surface area contributed by atoms with Gasteiger partial charge in [0.2, 0.25) is 15.9 Å². The molecule has 9 nitrogen and oxygen atoms in total. The Morgan fingerprint density at radius 3 is 2.29 bits per heavy atom. The Kier molecular flexibility index (Phi) is 6.77. The number of sulfonamides is 1. The van der Waals surface area contributed by atoms with E-state index >= 15 is 0 Å². The topological polar surface area (TPSA) is 160 Å². The minimum atomic E-state index is -3.88. The van der Waals surface area contributed by atoms with E-state index in [0.29, 0.717) is 40.9 Å². The van der Waals surface area contributed by atoms with Gasteiger partial charge in [0.25, 0.3) is 0 Å². The number of oxime groups is 1. The molecule has 0 aliphatic heterocycles. The third-order valence-corrected chi connectivity index (χ3v) is 7.16. The van der Waals surface area contributed by atoms with Crippen molar-refractivity contribution < 1.29 is 18.4 Å². The van der Waals surface area contributed by atoms with Gasteiger partial charge in [-0.2, -0.15) is 0 Å². The van der Waals surface area contributed by atoms with Crippen molar-refractivity contribution in [3.63, 3.8) is 0 Å². The van der Waals surface area contributed by atoms with E-state index in [2.05, 4.69) is 15.8 Å². The second kappa shape index (κ2) is 9.77. The summed E-state index contributed by atoms with van der Waals surface area (Å²) < 4.78 is 23.9. The fraction of sp³-hybridized carbons (Fsp3) is 0.200. The summed E-state index contributed by atoms with van der Waals surface area (Å²) in [5.41, 5.74) is 7.89. The number of carbonyl (C=O) groups excluding carboxylic acids is 1. The average Bonchev–Trinajstić information content (AvgIpc) is 3.33. The Bertz CT molecular complexity index is 1360. The molecule has 3 aromatic rings. The number of amides is 1. The predicted molar refractivity (Wildman–Crippen MR) is 136 cm³/mol. The second-order valence-corrected chi connectivity index (χ2v) is 10.1. The van der Waals surface area contributed by atoms with Crippen LogP contribution in [0.25, 0.3) is 11.1 Å². The molecule has 1 aliphatic rings. The van der Waals surface area contributed by atoms with Crippen molar-refractivity contribution in [2.75, 3.05) is 10.6 Å². The first kappa shape index (κ1) is 24.2. The summed E-state index contributed by atoms with van der Waals surface area (Å²) in [4.78, 5) is 13.4. The van der Waals surface area contributed by atoms with Crippen LogP contribution in [-0.4, -0.2) is 30.9 Å². The summed E-state index contributed by atoms with van der Waals surface area (Å²) in [7, 11) is -3.88. The number of rotatable bonds is 7.